The summed E-state index contributed by atoms with van der Waals surface area (Å²) in [5, 5.41) is 0. The standard InChI is InChI=1S/C9H12O/c10-8-4-7-9-5-2-1-3-6-9/h4-5,7-8H,1-3,6H2/b7-4+. The molecule has 1 nitrogen and oxygen atoms in total. The van der Waals surface area contributed by atoms with Crippen LogP contribution in [0.4, 0.5) is 0 Å². The van der Waals surface area contributed by atoms with E-state index in [4.69, 9.17) is 0 Å². The number of aldehydes is 1. The van der Waals surface area contributed by atoms with Crippen LogP contribution in [0, 0.1) is 0 Å². The van der Waals surface area contributed by atoms with Gasteiger partial charge in [0.1, 0.15) is 6.29 Å². The lowest BCUT2D eigenvalue weighted by atomic mass is 9.99. The molecule has 1 rings (SSSR count). The van der Waals surface area contributed by atoms with E-state index >= 15 is 0 Å². The second-order valence-electron chi connectivity index (χ2n) is 2.52. The molecule has 1 aliphatic carbocycles. The van der Waals surface area contributed by atoms with E-state index < -0.39 is 0 Å². The van der Waals surface area contributed by atoms with Crippen LogP contribution in [0.2, 0.25) is 0 Å². The van der Waals surface area contributed by atoms with E-state index in [0.29, 0.717) is 0 Å². The Hall–Kier alpha value is -0.850. The first-order valence-electron chi connectivity index (χ1n) is 3.74. The van der Waals surface area contributed by atoms with Crippen LogP contribution in [0.3, 0.4) is 0 Å². The van der Waals surface area contributed by atoms with Gasteiger partial charge in [0, 0.05) is 0 Å². The molecule has 0 bridgehead atoms. The smallest absolute Gasteiger partial charge is 0.142 e. The number of carbonyl (C=O) groups is 1. The Morgan fingerprint density at radius 2 is 2.30 bits per heavy atom. The summed E-state index contributed by atoms with van der Waals surface area (Å²) in [6.45, 7) is 0. The fourth-order valence-corrected chi connectivity index (χ4v) is 1.18. The number of allylic oxidation sites excluding steroid dienone is 4. The summed E-state index contributed by atoms with van der Waals surface area (Å²) >= 11 is 0. The van der Waals surface area contributed by atoms with E-state index in [1.165, 1.54) is 24.8 Å². The maximum atomic E-state index is 9.93. The van der Waals surface area contributed by atoms with Crippen molar-refractivity contribution in [2.75, 3.05) is 0 Å². The molecule has 1 heteroatoms. The quantitative estimate of drug-likeness (QED) is 0.420. The molecule has 0 fully saturated rings. The van der Waals surface area contributed by atoms with Crippen molar-refractivity contribution in [3.63, 3.8) is 0 Å². The highest BCUT2D eigenvalue weighted by molar-refractivity contribution is 5.65. The summed E-state index contributed by atoms with van der Waals surface area (Å²) in [5.74, 6) is 0. The van der Waals surface area contributed by atoms with Crippen LogP contribution in [0.25, 0.3) is 0 Å². The zero-order valence-electron chi connectivity index (χ0n) is 6.05. The van der Waals surface area contributed by atoms with Crippen molar-refractivity contribution in [1.29, 1.82) is 0 Å². The molecular formula is C9H12O. The average Bonchev–Trinajstić information content (AvgIpc) is 2.03. The molecule has 0 aromatic heterocycles. The van der Waals surface area contributed by atoms with Crippen LogP contribution < -0.4 is 0 Å². The van der Waals surface area contributed by atoms with Gasteiger partial charge in [-0.1, -0.05) is 17.7 Å². The summed E-state index contributed by atoms with van der Waals surface area (Å²) in [5.41, 5.74) is 1.32. The van der Waals surface area contributed by atoms with Crippen LogP contribution in [-0.2, 0) is 4.79 Å². The van der Waals surface area contributed by atoms with Crippen molar-refractivity contribution < 1.29 is 4.79 Å². The third kappa shape index (κ3) is 2.18. The van der Waals surface area contributed by atoms with Crippen LogP contribution in [0.1, 0.15) is 25.7 Å². The lowest BCUT2D eigenvalue weighted by Crippen LogP contribution is -1.87. The number of hydrogen-bond acceptors (Lipinski definition) is 1. The summed E-state index contributed by atoms with van der Waals surface area (Å²) in [6.07, 6.45) is 11.4. The molecule has 0 unspecified atom stereocenters. The van der Waals surface area contributed by atoms with Gasteiger partial charge < -0.3 is 0 Å². The van der Waals surface area contributed by atoms with Crippen LogP contribution >= 0.6 is 0 Å². The fourth-order valence-electron chi connectivity index (χ4n) is 1.18. The molecule has 0 aliphatic heterocycles. The lowest BCUT2D eigenvalue weighted by Gasteiger charge is -2.06. The predicted octanol–water partition coefficient (Wildman–Crippen LogP) is 2.24. The molecule has 0 radical (unpaired) electrons. The van der Waals surface area contributed by atoms with Gasteiger partial charge in [-0.25, -0.2) is 0 Å². The van der Waals surface area contributed by atoms with Crippen molar-refractivity contribution in [2.45, 2.75) is 25.7 Å². The number of carbonyl (C=O) groups excluding carboxylic acids is 1. The SMILES string of the molecule is O=C/C=C/C1=CCCCC1. The molecule has 0 N–H and O–H groups in total. The first-order chi connectivity index (χ1) is 4.93. The average molecular weight is 136 g/mol. The molecule has 0 aromatic carbocycles. The Kier molecular flexibility index (Phi) is 2.94. The van der Waals surface area contributed by atoms with Crippen molar-refractivity contribution in [2.24, 2.45) is 0 Å². The van der Waals surface area contributed by atoms with Crippen molar-refractivity contribution in [3.8, 4) is 0 Å². The van der Waals surface area contributed by atoms with Crippen molar-refractivity contribution >= 4 is 6.29 Å². The van der Waals surface area contributed by atoms with Gasteiger partial charge in [-0.3, -0.25) is 4.79 Å². The Balaban J connectivity index is 2.45. The molecule has 54 valence electrons. The summed E-state index contributed by atoms with van der Waals surface area (Å²) < 4.78 is 0. The van der Waals surface area contributed by atoms with Gasteiger partial charge in [-0.05, 0) is 31.8 Å². The minimum Gasteiger partial charge on any atom is -0.299 e. The monoisotopic (exact) mass is 136 g/mol. The summed E-state index contributed by atoms with van der Waals surface area (Å²) in [4.78, 5) is 9.93. The molecule has 1 aliphatic rings. The third-order valence-electron chi connectivity index (χ3n) is 1.71. The van der Waals surface area contributed by atoms with Gasteiger partial charge in [-0.2, -0.15) is 0 Å². The molecular weight excluding hydrogens is 124 g/mol. The van der Waals surface area contributed by atoms with Crippen LogP contribution in [0.5, 0.6) is 0 Å². The molecule has 0 saturated heterocycles. The topological polar surface area (TPSA) is 17.1 Å². The lowest BCUT2D eigenvalue weighted by molar-refractivity contribution is -0.104. The second-order valence-corrected chi connectivity index (χ2v) is 2.52. The summed E-state index contributed by atoms with van der Waals surface area (Å²) in [6, 6.07) is 0. The van der Waals surface area contributed by atoms with Crippen molar-refractivity contribution in [1.82, 2.24) is 0 Å². The second kappa shape index (κ2) is 4.04. The molecule has 0 saturated carbocycles. The van der Waals surface area contributed by atoms with E-state index in [9.17, 15) is 4.79 Å². The molecule has 0 aromatic rings. The normalized spacial score (nSPS) is 19.0. The van der Waals surface area contributed by atoms with Gasteiger partial charge in [0.2, 0.25) is 0 Å². The van der Waals surface area contributed by atoms with E-state index in [1.807, 2.05) is 6.08 Å². The van der Waals surface area contributed by atoms with Gasteiger partial charge in [0.15, 0.2) is 0 Å². The molecule has 0 heterocycles. The molecule has 10 heavy (non-hydrogen) atoms. The Labute approximate surface area is 61.4 Å². The minimum atomic E-state index is 0.829. The first-order valence-corrected chi connectivity index (χ1v) is 3.74. The largest absolute Gasteiger partial charge is 0.299 e. The molecule has 0 atom stereocenters. The van der Waals surface area contributed by atoms with Crippen LogP contribution in [-0.4, -0.2) is 6.29 Å². The Morgan fingerprint density at radius 1 is 1.40 bits per heavy atom. The molecule has 0 amide bonds. The van der Waals surface area contributed by atoms with Gasteiger partial charge in [0.25, 0.3) is 0 Å². The third-order valence-corrected chi connectivity index (χ3v) is 1.71. The zero-order valence-corrected chi connectivity index (χ0v) is 6.05. The Bertz CT molecular complexity index is 163. The highest BCUT2D eigenvalue weighted by Gasteiger charge is 1.98. The molecule has 0 spiro atoms. The predicted molar refractivity (Wildman–Crippen MR) is 41.8 cm³/mol. The van der Waals surface area contributed by atoms with E-state index in [0.717, 1.165) is 12.7 Å². The highest BCUT2D eigenvalue weighted by atomic mass is 16.1. The summed E-state index contributed by atoms with van der Waals surface area (Å²) in [7, 11) is 0. The van der Waals surface area contributed by atoms with E-state index in [1.54, 1.807) is 6.08 Å². The van der Waals surface area contributed by atoms with E-state index in [2.05, 4.69) is 6.08 Å². The van der Waals surface area contributed by atoms with Gasteiger partial charge >= 0.3 is 0 Å². The minimum absolute atomic E-state index is 0.829. The number of hydrogen-bond donors (Lipinski definition) is 0. The van der Waals surface area contributed by atoms with E-state index in [-0.39, 0.29) is 0 Å². The van der Waals surface area contributed by atoms with Crippen LogP contribution in [0.15, 0.2) is 23.8 Å². The zero-order chi connectivity index (χ0) is 7.23. The number of rotatable bonds is 2. The Morgan fingerprint density at radius 3 is 2.90 bits per heavy atom. The van der Waals surface area contributed by atoms with Crippen molar-refractivity contribution in [3.05, 3.63) is 23.8 Å². The highest BCUT2D eigenvalue weighted by Crippen LogP contribution is 2.17. The first kappa shape index (κ1) is 7.26. The van der Waals surface area contributed by atoms with Gasteiger partial charge in [-0.15, -0.1) is 0 Å². The maximum absolute atomic E-state index is 9.93. The maximum Gasteiger partial charge on any atom is 0.142 e. The fraction of sp³-hybridized carbons (Fsp3) is 0.444. The van der Waals surface area contributed by atoms with Gasteiger partial charge in [0.05, 0.1) is 0 Å².